The van der Waals surface area contributed by atoms with Crippen molar-refractivity contribution in [2.24, 2.45) is 0 Å². The standard InChI is InChI=1S/C17H10ClNO3S2/c18-12-6-4-10(5-7-12)8-14-15(20)19(17(23)24-14)13-3-1-2-11(9-13)16(21)22/h1-9H,(H,21,22)/b14-8+. The summed E-state index contributed by atoms with van der Waals surface area (Å²) < 4.78 is 0.364. The van der Waals surface area contributed by atoms with E-state index in [0.29, 0.717) is 19.9 Å². The van der Waals surface area contributed by atoms with Crippen molar-refractivity contribution in [3.8, 4) is 0 Å². The molecule has 7 heteroatoms. The molecule has 0 bridgehead atoms. The fourth-order valence-electron chi connectivity index (χ4n) is 2.18. The van der Waals surface area contributed by atoms with Crippen molar-refractivity contribution in [1.29, 1.82) is 0 Å². The van der Waals surface area contributed by atoms with Crippen LogP contribution in [0.5, 0.6) is 0 Å². The summed E-state index contributed by atoms with van der Waals surface area (Å²) in [7, 11) is 0. The molecule has 0 aliphatic carbocycles. The van der Waals surface area contributed by atoms with E-state index in [2.05, 4.69) is 0 Å². The van der Waals surface area contributed by atoms with Gasteiger partial charge in [-0.25, -0.2) is 4.79 Å². The predicted molar refractivity (Wildman–Crippen MR) is 101 cm³/mol. The summed E-state index contributed by atoms with van der Waals surface area (Å²) in [6.07, 6.45) is 1.73. The van der Waals surface area contributed by atoms with Gasteiger partial charge in [0.2, 0.25) is 0 Å². The van der Waals surface area contributed by atoms with E-state index in [1.807, 2.05) is 0 Å². The van der Waals surface area contributed by atoms with Crippen LogP contribution in [0.15, 0.2) is 53.4 Å². The first-order valence-electron chi connectivity index (χ1n) is 6.82. The number of hydrogen-bond donors (Lipinski definition) is 1. The molecule has 3 rings (SSSR count). The maximum Gasteiger partial charge on any atom is 0.335 e. The highest BCUT2D eigenvalue weighted by Crippen LogP contribution is 2.36. The number of amides is 1. The Labute approximate surface area is 152 Å². The third kappa shape index (κ3) is 3.36. The van der Waals surface area contributed by atoms with Gasteiger partial charge >= 0.3 is 5.97 Å². The summed E-state index contributed by atoms with van der Waals surface area (Å²) >= 11 is 12.3. The average molecular weight is 376 g/mol. The van der Waals surface area contributed by atoms with E-state index < -0.39 is 5.97 Å². The highest BCUT2D eigenvalue weighted by Gasteiger charge is 2.33. The molecule has 2 aromatic rings. The highest BCUT2D eigenvalue weighted by molar-refractivity contribution is 8.27. The lowest BCUT2D eigenvalue weighted by Gasteiger charge is -2.14. The number of carbonyl (C=O) groups is 2. The van der Waals surface area contributed by atoms with Crippen LogP contribution in [0, 0.1) is 0 Å². The Bertz CT molecular complexity index is 878. The molecule has 0 spiro atoms. The number of thioether (sulfide) groups is 1. The molecule has 1 heterocycles. The van der Waals surface area contributed by atoms with Crippen LogP contribution in [-0.4, -0.2) is 21.3 Å². The van der Waals surface area contributed by atoms with E-state index in [4.69, 9.17) is 28.9 Å². The second kappa shape index (κ2) is 6.76. The van der Waals surface area contributed by atoms with Gasteiger partial charge < -0.3 is 5.11 Å². The number of hydrogen-bond acceptors (Lipinski definition) is 4. The van der Waals surface area contributed by atoms with E-state index in [0.717, 1.165) is 5.56 Å². The van der Waals surface area contributed by atoms with E-state index in [9.17, 15) is 9.59 Å². The Hall–Kier alpha value is -2.15. The number of thiocarbonyl (C=S) groups is 1. The molecular formula is C17H10ClNO3S2. The molecule has 1 amide bonds. The summed E-state index contributed by atoms with van der Waals surface area (Å²) in [4.78, 5) is 25.6. The van der Waals surface area contributed by atoms with Crippen LogP contribution in [0.4, 0.5) is 5.69 Å². The molecule has 1 saturated heterocycles. The molecular weight excluding hydrogens is 366 g/mol. The minimum atomic E-state index is -1.06. The minimum absolute atomic E-state index is 0.100. The van der Waals surface area contributed by atoms with E-state index in [1.54, 1.807) is 42.5 Å². The smallest absolute Gasteiger partial charge is 0.335 e. The summed E-state index contributed by atoms with van der Waals surface area (Å²) in [6.45, 7) is 0. The number of anilines is 1. The summed E-state index contributed by atoms with van der Waals surface area (Å²) in [6, 6.07) is 13.2. The first-order chi connectivity index (χ1) is 11.5. The van der Waals surface area contributed by atoms with Crippen LogP contribution >= 0.6 is 35.6 Å². The molecule has 0 radical (unpaired) electrons. The molecule has 1 N–H and O–H groups in total. The van der Waals surface area contributed by atoms with Gasteiger partial charge in [0.05, 0.1) is 16.2 Å². The largest absolute Gasteiger partial charge is 0.478 e. The fraction of sp³-hybridized carbons (Fsp3) is 0. The van der Waals surface area contributed by atoms with Crippen molar-refractivity contribution in [2.75, 3.05) is 4.90 Å². The van der Waals surface area contributed by atoms with Crippen LogP contribution in [-0.2, 0) is 4.79 Å². The fourth-order valence-corrected chi connectivity index (χ4v) is 3.60. The van der Waals surface area contributed by atoms with Gasteiger partial charge in [-0.15, -0.1) is 0 Å². The normalized spacial score (nSPS) is 16.0. The first kappa shape index (κ1) is 16.7. The first-order valence-corrected chi connectivity index (χ1v) is 8.43. The predicted octanol–water partition coefficient (Wildman–Crippen LogP) is 4.44. The molecule has 0 saturated carbocycles. The van der Waals surface area contributed by atoms with Gasteiger partial charge in [0.25, 0.3) is 5.91 Å². The maximum atomic E-state index is 12.6. The quantitative estimate of drug-likeness (QED) is 0.634. The van der Waals surface area contributed by atoms with Crippen LogP contribution in [0.25, 0.3) is 6.08 Å². The van der Waals surface area contributed by atoms with Crippen LogP contribution in [0.2, 0.25) is 5.02 Å². The molecule has 2 aromatic carbocycles. The lowest BCUT2D eigenvalue weighted by atomic mass is 10.2. The third-order valence-corrected chi connectivity index (χ3v) is 4.87. The summed E-state index contributed by atoms with van der Waals surface area (Å²) in [5.41, 5.74) is 1.37. The van der Waals surface area contributed by atoms with Crippen molar-refractivity contribution in [2.45, 2.75) is 0 Å². The summed E-state index contributed by atoms with van der Waals surface area (Å²) in [5, 5.41) is 9.71. The number of nitrogens with zero attached hydrogens (tertiary/aromatic N) is 1. The second-order valence-corrected chi connectivity index (χ2v) is 7.04. The van der Waals surface area contributed by atoms with Gasteiger partial charge in [-0.05, 0) is 42.0 Å². The Kier molecular flexibility index (Phi) is 4.71. The minimum Gasteiger partial charge on any atom is -0.478 e. The van der Waals surface area contributed by atoms with Crippen LogP contribution in [0.3, 0.4) is 0 Å². The summed E-state index contributed by atoms with van der Waals surface area (Å²) in [5.74, 6) is -1.33. The topological polar surface area (TPSA) is 57.6 Å². The number of carboxylic acid groups (broad SMARTS) is 1. The number of benzene rings is 2. The zero-order valence-corrected chi connectivity index (χ0v) is 14.5. The van der Waals surface area contributed by atoms with Crippen molar-refractivity contribution in [3.63, 3.8) is 0 Å². The average Bonchev–Trinajstić information content (AvgIpc) is 2.83. The van der Waals surface area contributed by atoms with Crippen molar-refractivity contribution in [3.05, 3.63) is 69.6 Å². The number of rotatable bonds is 3. The maximum absolute atomic E-state index is 12.6. The Balaban J connectivity index is 1.93. The number of carboxylic acids is 1. The van der Waals surface area contributed by atoms with Crippen molar-refractivity contribution in [1.82, 2.24) is 0 Å². The van der Waals surface area contributed by atoms with Gasteiger partial charge in [-0.2, -0.15) is 0 Å². The second-order valence-electron chi connectivity index (χ2n) is 4.92. The van der Waals surface area contributed by atoms with Crippen LogP contribution in [0.1, 0.15) is 15.9 Å². The van der Waals surface area contributed by atoms with Gasteiger partial charge in [0.1, 0.15) is 0 Å². The Morgan fingerprint density at radius 1 is 1.21 bits per heavy atom. The van der Waals surface area contributed by atoms with E-state index in [1.165, 1.54) is 28.8 Å². The van der Waals surface area contributed by atoms with Crippen LogP contribution < -0.4 is 4.90 Å². The zero-order valence-electron chi connectivity index (χ0n) is 12.1. The van der Waals surface area contributed by atoms with Gasteiger partial charge in [0, 0.05) is 5.02 Å². The molecule has 0 atom stereocenters. The van der Waals surface area contributed by atoms with Gasteiger partial charge in [-0.1, -0.05) is 53.8 Å². The Morgan fingerprint density at radius 3 is 2.58 bits per heavy atom. The number of carbonyl (C=O) groups excluding carboxylic acids is 1. The Morgan fingerprint density at radius 2 is 1.92 bits per heavy atom. The molecule has 1 aliphatic heterocycles. The highest BCUT2D eigenvalue weighted by atomic mass is 35.5. The molecule has 1 aliphatic rings. The van der Waals surface area contributed by atoms with Gasteiger partial charge in [-0.3, -0.25) is 9.69 Å². The van der Waals surface area contributed by atoms with Gasteiger partial charge in [0.15, 0.2) is 4.32 Å². The van der Waals surface area contributed by atoms with E-state index in [-0.39, 0.29) is 11.5 Å². The molecule has 24 heavy (non-hydrogen) atoms. The molecule has 0 aromatic heterocycles. The molecule has 1 fully saturated rings. The van der Waals surface area contributed by atoms with Crippen molar-refractivity contribution >= 4 is 63.5 Å². The van der Waals surface area contributed by atoms with Crippen molar-refractivity contribution < 1.29 is 14.7 Å². The zero-order chi connectivity index (χ0) is 17.3. The lowest BCUT2D eigenvalue weighted by Crippen LogP contribution is -2.27. The molecule has 0 unspecified atom stereocenters. The van der Waals surface area contributed by atoms with E-state index >= 15 is 0 Å². The lowest BCUT2D eigenvalue weighted by molar-refractivity contribution is -0.113. The third-order valence-electron chi connectivity index (χ3n) is 3.31. The monoisotopic (exact) mass is 375 g/mol. The number of halogens is 1. The molecule has 120 valence electrons. The number of aromatic carboxylic acids is 1. The molecule has 4 nitrogen and oxygen atoms in total. The SMILES string of the molecule is O=C(O)c1cccc(N2C(=O)/C(=C\c3ccc(Cl)cc3)SC2=S)c1.